The van der Waals surface area contributed by atoms with Crippen molar-refractivity contribution >= 4 is 15.9 Å². The predicted octanol–water partition coefficient (Wildman–Crippen LogP) is 3.48. The first-order valence-electron chi connectivity index (χ1n) is 6.02. The summed E-state index contributed by atoms with van der Waals surface area (Å²) in [4.78, 5) is 0. The Balaban J connectivity index is 2.08. The van der Waals surface area contributed by atoms with Gasteiger partial charge in [-0.05, 0) is 59.9 Å². The van der Waals surface area contributed by atoms with Crippen molar-refractivity contribution in [3.05, 3.63) is 28.5 Å². The Labute approximate surface area is 109 Å². The van der Waals surface area contributed by atoms with E-state index in [1.807, 2.05) is 0 Å². The van der Waals surface area contributed by atoms with Crippen LogP contribution in [0.15, 0.2) is 22.7 Å². The summed E-state index contributed by atoms with van der Waals surface area (Å²) in [6.07, 6.45) is 4.73. The molecule has 1 aliphatic carbocycles. The molecule has 1 fully saturated rings. The molecule has 0 heterocycles. The van der Waals surface area contributed by atoms with Crippen LogP contribution in [0.4, 0.5) is 4.39 Å². The third-order valence-electron chi connectivity index (χ3n) is 3.31. The van der Waals surface area contributed by atoms with Gasteiger partial charge in [0.15, 0.2) is 0 Å². The fourth-order valence-corrected chi connectivity index (χ4v) is 2.78. The second-order valence-corrected chi connectivity index (χ2v) is 5.37. The van der Waals surface area contributed by atoms with Crippen LogP contribution in [0, 0.1) is 11.7 Å². The molecule has 1 aromatic carbocycles. The van der Waals surface area contributed by atoms with Gasteiger partial charge in [0.1, 0.15) is 17.7 Å². The molecule has 2 rings (SSSR count). The molecule has 0 spiro atoms. The van der Waals surface area contributed by atoms with E-state index >= 15 is 0 Å². The number of benzene rings is 1. The Morgan fingerprint density at radius 2 is 2.12 bits per heavy atom. The maximum Gasteiger partial charge on any atom is 0.134 e. The molecule has 17 heavy (non-hydrogen) atoms. The smallest absolute Gasteiger partial charge is 0.134 e. The summed E-state index contributed by atoms with van der Waals surface area (Å²) in [5.41, 5.74) is 5.76. The molecule has 0 aliphatic heterocycles. The van der Waals surface area contributed by atoms with E-state index in [-0.39, 0.29) is 11.9 Å². The van der Waals surface area contributed by atoms with Gasteiger partial charge in [-0.15, -0.1) is 0 Å². The van der Waals surface area contributed by atoms with Crippen molar-refractivity contribution in [1.82, 2.24) is 0 Å². The first-order valence-corrected chi connectivity index (χ1v) is 6.82. The lowest BCUT2D eigenvalue weighted by Gasteiger charge is -2.31. The Hall–Kier alpha value is -0.610. The van der Waals surface area contributed by atoms with Gasteiger partial charge in [0.25, 0.3) is 0 Å². The minimum Gasteiger partial charge on any atom is -0.489 e. The van der Waals surface area contributed by atoms with Crippen molar-refractivity contribution in [2.75, 3.05) is 6.54 Å². The highest BCUT2D eigenvalue weighted by Gasteiger charge is 2.26. The van der Waals surface area contributed by atoms with Gasteiger partial charge in [0.05, 0.1) is 4.47 Å². The van der Waals surface area contributed by atoms with E-state index in [9.17, 15) is 4.39 Å². The first-order chi connectivity index (χ1) is 8.20. The zero-order chi connectivity index (χ0) is 12.3. The molecule has 1 saturated carbocycles. The summed E-state index contributed by atoms with van der Waals surface area (Å²) >= 11 is 3.32. The first kappa shape index (κ1) is 12.8. The topological polar surface area (TPSA) is 35.2 Å². The number of halogens is 2. The standard InChI is InChI=1S/C13H17BrFNO/c14-11-7-10(15)5-6-13(11)17-12-4-2-1-3-9(12)8-16/h5-7,9,12H,1-4,8,16H2. The van der Waals surface area contributed by atoms with E-state index in [1.165, 1.54) is 25.0 Å². The largest absolute Gasteiger partial charge is 0.489 e. The maximum atomic E-state index is 13.0. The Morgan fingerprint density at radius 1 is 1.35 bits per heavy atom. The van der Waals surface area contributed by atoms with Crippen molar-refractivity contribution in [1.29, 1.82) is 0 Å². The van der Waals surface area contributed by atoms with Crippen molar-refractivity contribution in [3.8, 4) is 5.75 Å². The molecule has 4 heteroatoms. The predicted molar refractivity (Wildman–Crippen MR) is 69.5 cm³/mol. The molecule has 0 bridgehead atoms. The Morgan fingerprint density at radius 3 is 2.82 bits per heavy atom. The molecule has 2 atom stereocenters. The summed E-state index contributed by atoms with van der Waals surface area (Å²) in [7, 11) is 0. The van der Waals surface area contributed by atoms with E-state index in [2.05, 4.69) is 15.9 Å². The van der Waals surface area contributed by atoms with Gasteiger partial charge in [0, 0.05) is 5.92 Å². The number of hydrogen-bond acceptors (Lipinski definition) is 2. The van der Waals surface area contributed by atoms with Gasteiger partial charge in [-0.1, -0.05) is 6.42 Å². The van der Waals surface area contributed by atoms with Crippen LogP contribution in [-0.2, 0) is 0 Å². The van der Waals surface area contributed by atoms with Crippen molar-refractivity contribution in [2.24, 2.45) is 11.7 Å². The van der Waals surface area contributed by atoms with E-state index in [1.54, 1.807) is 6.07 Å². The van der Waals surface area contributed by atoms with E-state index in [4.69, 9.17) is 10.5 Å². The number of rotatable bonds is 3. The van der Waals surface area contributed by atoms with Crippen LogP contribution < -0.4 is 10.5 Å². The van der Waals surface area contributed by atoms with Crippen molar-refractivity contribution in [3.63, 3.8) is 0 Å². The molecule has 2 nitrogen and oxygen atoms in total. The molecule has 1 aromatic rings. The summed E-state index contributed by atoms with van der Waals surface area (Å²) in [5.74, 6) is 0.862. The third kappa shape index (κ3) is 3.19. The van der Waals surface area contributed by atoms with Crippen LogP contribution in [0.25, 0.3) is 0 Å². The molecular formula is C13H17BrFNO. The third-order valence-corrected chi connectivity index (χ3v) is 3.93. The van der Waals surface area contributed by atoms with Crippen LogP contribution in [0.1, 0.15) is 25.7 Å². The SMILES string of the molecule is NCC1CCCCC1Oc1ccc(F)cc1Br. The maximum absolute atomic E-state index is 13.0. The quantitative estimate of drug-likeness (QED) is 0.927. The lowest BCUT2D eigenvalue weighted by atomic mass is 9.86. The lowest BCUT2D eigenvalue weighted by molar-refractivity contribution is 0.0961. The van der Waals surface area contributed by atoms with Crippen molar-refractivity contribution in [2.45, 2.75) is 31.8 Å². The van der Waals surface area contributed by atoms with E-state index < -0.39 is 0 Å². The summed E-state index contributed by atoms with van der Waals surface area (Å²) in [5, 5.41) is 0. The van der Waals surface area contributed by atoms with Gasteiger partial charge in [-0.2, -0.15) is 0 Å². The summed E-state index contributed by atoms with van der Waals surface area (Å²) in [6, 6.07) is 4.51. The normalized spacial score (nSPS) is 24.6. The van der Waals surface area contributed by atoms with Crippen LogP contribution in [0.2, 0.25) is 0 Å². The monoisotopic (exact) mass is 301 g/mol. The molecule has 2 N–H and O–H groups in total. The average Bonchev–Trinajstić information content (AvgIpc) is 2.33. The second-order valence-electron chi connectivity index (χ2n) is 4.51. The van der Waals surface area contributed by atoms with Gasteiger partial charge in [-0.3, -0.25) is 0 Å². The number of nitrogens with two attached hydrogens (primary N) is 1. The Kier molecular flexibility index (Phi) is 4.40. The fourth-order valence-electron chi connectivity index (χ4n) is 2.33. The molecule has 0 amide bonds. The fraction of sp³-hybridized carbons (Fsp3) is 0.538. The number of ether oxygens (including phenoxy) is 1. The summed E-state index contributed by atoms with van der Waals surface area (Å²) < 4.78 is 19.6. The second kappa shape index (κ2) is 5.83. The average molecular weight is 302 g/mol. The highest BCUT2D eigenvalue weighted by atomic mass is 79.9. The van der Waals surface area contributed by atoms with Crippen LogP contribution >= 0.6 is 15.9 Å². The van der Waals surface area contributed by atoms with Gasteiger partial charge in [-0.25, -0.2) is 4.39 Å². The van der Waals surface area contributed by atoms with Gasteiger partial charge < -0.3 is 10.5 Å². The number of hydrogen-bond donors (Lipinski definition) is 1. The molecule has 94 valence electrons. The minimum absolute atomic E-state index is 0.163. The highest BCUT2D eigenvalue weighted by Crippen LogP contribution is 2.32. The van der Waals surface area contributed by atoms with Gasteiger partial charge in [0.2, 0.25) is 0 Å². The van der Waals surface area contributed by atoms with Crippen molar-refractivity contribution < 1.29 is 9.13 Å². The molecule has 0 aromatic heterocycles. The van der Waals surface area contributed by atoms with E-state index in [0.717, 1.165) is 12.8 Å². The molecule has 0 radical (unpaired) electrons. The lowest BCUT2D eigenvalue weighted by Crippen LogP contribution is -2.35. The highest BCUT2D eigenvalue weighted by molar-refractivity contribution is 9.10. The van der Waals surface area contributed by atoms with Crippen LogP contribution in [0.5, 0.6) is 5.75 Å². The molecule has 0 saturated heterocycles. The zero-order valence-electron chi connectivity index (χ0n) is 9.66. The Bertz CT molecular complexity index is 386. The molecular weight excluding hydrogens is 285 g/mol. The van der Waals surface area contributed by atoms with Crippen LogP contribution in [0.3, 0.4) is 0 Å². The molecule has 2 unspecified atom stereocenters. The van der Waals surface area contributed by atoms with Crippen LogP contribution in [-0.4, -0.2) is 12.6 Å². The zero-order valence-corrected chi connectivity index (χ0v) is 11.2. The van der Waals surface area contributed by atoms with E-state index in [0.29, 0.717) is 22.7 Å². The minimum atomic E-state index is -0.261. The van der Waals surface area contributed by atoms with Gasteiger partial charge >= 0.3 is 0 Å². The molecule has 1 aliphatic rings. The summed E-state index contributed by atoms with van der Waals surface area (Å²) in [6.45, 7) is 0.656.